The number of ketones is 1. The maximum atomic E-state index is 11.9. The maximum Gasteiger partial charge on any atom is 0.306 e. The molecule has 16 heavy (non-hydrogen) atoms. The van der Waals surface area contributed by atoms with Gasteiger partial charge in [-0.05, 0) is 11.8 Å². The van der Waals surface area contributed by atoms with Gasteiger partial charge in [0.15, 0.2) is 0 Å². The summed E-state index contributed by atoms with van der Waals surface area (Å²) in [6, 6.07) is 0. The van der Waals surface area contributed by atoms with E-state index in [2.05, 4.69) is 0 Å². The van der Waals surface area contributed by atoms with Crippen LogP contribution in [0.3, 0.4) is 0 Å². The smallest absolute Gasteiger partial charge is 0.306 e. The van der Waals surface area contributed by atoms with Gasteiger partial charge in [-0.2, -0.15) is 0 Å². The second-order valence-electron chi connectivity index (χ2n) is 5.28. The van der Waals surface area contributed by atoms with Crippen LogP contribution in [0.2, 0.25) is 0 Å². The SMILES string of the molecule is C[C@@H]1C/C=C/COC(=O)CC(C)(C)CC1=O. The number of esters is 1. The lowest BCUT2D eigenvalue weighted by Gasteiger charge is -2.23. The Kier molecular flexibility index (Phi) is 4.27. The highest BCUT2D eigenvalue weighted by Crippen LogP contribution is 2.28. The number of carbonyl (C=O) groups is 2. The third-order valence-electron chi connectivity index (χ3n) is 2.82. The quantitative estimate of drug-likeness (QED) is 0.469. The Morgan fingerprint density at radius 2 is 1.94 bits per heavy atom. The second-order valence-corrected chi connectivity index (χ2v) is 5.28. The lowest BCUT2D eigenvalue weighted by molar-refractivity contribution is -0.145. The van der Waals surface area contributed by atoms with Crippen LogP contribution >= 0.6 is 0 Å². The number of cyclic esters (lactones) is 1. The summed E-state index contributed by atoms with van der Waals surface area (Å²) < 4.78 is 5.04. The van der Waals surface area contributed by atoms with Crippen LogP contribution in [0, 0.1) is 11.3 Å². The number of rotatable bonds is 0. The van der Waals surface area contributed by atoms with Crippen LogP contribution in [-0.2, 0) is 14.3 Å². The van der Waals surface area contributed by atoms with E-state index in [0.29, 0.717) is 19.4 Å². The van der Waals surface area contributed by atoms with Crippen molar-refractivity contribution in [3.8, 4) is 0 Å². The van der Waals surface area contributed by atoms with Gasteiger partial charge >= 0.3 is 5.97 Å². The molecule has 0 spiro atoms. The number of ether oxygens (including phenoxy) is 1. The van der Waals surface area contributed by atoms with Crippen molar-refractivity contribution in [2.45, 2.75) is 40.0 Å². The summed E-state index contributed by atoms with van der Waals surface area (Å²) in [5, 5.41) is 0. The minimum Gasteiger partial charge on any atom is -0.461 e. The normalized spacial score (nSPS) is 29.1. The van der Waals surface area contributed by atoms with Gasteiger partial charge in [-0.25, -0.2) is 0 Å². The van der Waals surface area contributed by atoms with Gasteiger partial charge in [-0.15, -0.1) is 0 Å². The number of hydrogen-bond acceptors (Lipinski definition) is 3. The average molecular weight is 224 g/mol. The van der Waals surface area contributed by atoms with E-state index in [1.165, 1.54) is 0 Å². The number of hydrogen-bond donors (Lipinski definition) is 0. The molecule has 90 valence electrons. The van der Waals surface area contributed by atoms with Gasteiger partial charge in [0.25, 0.3) is 0 Å². The number of Topliss-reactive ketones (excluding diaryl/α,β-unsaturated/α-hetero) is 1. The van der Waals surface area contributed by atoms with E-state index in [1.807, 2.05) is 26.8 Å². The lowest BCUT2D eigenvalue weighted by Crippen LogP contribution is -2.24. The molecule has 3 heteroatoms. The van der Waals surface area contributed by atoms with Crippen LogP contribution in [0.1, 0.15) is 40.0 Å². The highest BCUT2D eigenvalue weighted by atomic mass is 16.5. The number of allylic oxidation sites excluding steroid dienone is 1. The van der Waals surface area contributed by atoms with E-state index >= 15 is 0 Å². The Labute approximate surface area is 96.9 Å². The second kappa shape index (κ2) is 5.28. The summed E-state index contributed by atoms with van der Waals surface area (Å²) >= 11 is 0. The molecule has 0 radical (unpaired) electrons. The molecule has 0 unspecified atom stereocenters. The molecule has 0 aliphatic carbocycles. The van der Waals surface area contributed by atoms with E-state index < -0.39 is 0 Å². The van der Waals surface area contributed by atoms with Gasteiger partial charge in [-0.1, -0.05) is 32.9 Å². The van der Waals surface area contributed by atoms with Crippen molar-refractivity contribution in [2.75, 3.05) is 6.61 Å². The molecule has 0 N–H and O–H groups in total. The Bertz CT molecular complexity index is 302. The number of carbonyl (C=O) groups excluding carboxylic acids is 2. The molecule has 0 saturated heterocycles. The monoisotopic (exact) mass is 224 g/mol. The highest BCUT2D eigenvalue weighted by molar-refractivity contribution is 5.82. The molecule has 1 rings (SSSR count). The van der Waals surface area contributed by atoms with E-state index in [4.69, 9.17) is 4.74 Å². The molecule has 0 aromatic carbocycles. The van der Waals surface area contributed by atoms with E-state index in [-0.39, 0.29) is 23.1 Å². The summed E-state index contributed by atoms with van der Waals surface area (Å²) in [6.45, 7) is 6.12. The zero-order valence-corrected chi connectivity index (χ0v) is 10.3. The van der Waals surface area contributed by atoms with Crippen LogP contribution < -0.4 is 0 Å². The maximum absolute atomic E-state index is 11.9. The molecule has 0 bridgehead atoms. The van der Waals surface area contributed by atoms with E-state index in [0.717, 1.165) is 6.42 Å². The van der Waals surface area contributed by atoms with Gasteiger partial charge in [-0.3, -0.25) is 9.59 Å². The van der Waals surface area contributed by atoms with Gasteiger partial charge in [0.1, 0.15) is 12.4 Å². The first-order valence-corrected chi connectivity index (χ1v) is 5.74. The first-order valence-electron chi connectivity index (χ1n) is 5.74. The molecule has 1 aliphatic heterocycles. The minimum atomic E-state index is -0.299. The summed E-state index contributed by atoms with van der Waals surface area (Å²) in [6.07, 6.45) is 5.19. The van der Waals surface area contributed by atoms with Gasteiger partial charge in [0.2, 0.25) is 0 Å². The minimum absolute atomic E-state index is 0.0312. The summed E-state index contributed by atoms with van der Waals surface area (Å²) in [7, 11) is 0. The fourth-order valence-electron chi connectivity index (χ4n) is 1.79. The van der Waals surface area contributed by atoms with Crippen LogP contribution in [0.5, 0.6) is 0 Å². The first-order chi connectivity index (χ1) is 7.41. The molecule has 0 fully saturated rings. The van der Waals surface area contributed by atoms with Crippen molar-refractivity contribution < 1.29 is 14.3 Å². The molecule has 1 heterocycles. The molecule has 1 atom stereocenters. The largest absolute Gasteiger partial charge is 0.461 e. The lowest BCUT2D eigenvalue weighted by atomic mass is 9.81. The van der Waals surface area contributed by atoms with Crippen LogP contribution in [0.15, 0.2) is 12.2 Å². The van der Waals surface area contributed by atoms with Crippen LogP contribution in [0.4, 0.5) is 0 Å². The predicted molar refractivity (Wildman–Crippen MR) is 61.9 cm³/mol. The molecule has 0 aromatic rings. The summed E-state index contributed by atoms with van der Waals surface area (Å²) in [5.41, 5.74) is -0.299. The fourth-order valence-corrected chi connectivity index (χ4v) is 1.79. The summed E-state index contributed by atoms with van der Waals surface area (Å²) in [4.78, 5) is 23.3. The topological polar surface area (TPSA) is 43.4 Å². The van der Waals surface area contributed by atoms with Gasteiger partial charge < -0.3 is 4.74 Å². The molecule has 1 aliphatic rings. The zero-order valence-electron chi connectivity index (χ0n) is 10.3. The van der Waals surface area contributed by atoms with Crippen molar-refractivity contribution in [1.82, 2.24) is 0 Å². The first kappa shape index (κ1) is 12.9. The highest BCUT2D eigenvalue weighted by Gasteiger charge is 2.28. The van der Waals surface area contributed by atoms with Gasteiger partial charge in [0.05, 0.1) is 6.42 Å². The van der Waals surface area contributed by atoms with Crippen LogP contribution in [0.25, 0.3) is 0 Å². The standard InChI is InChI=1S/C13H20O3/c1-10-6-4-5-7-16-12(15)9-13(2,3)8-11(10)14/h4-5,10H,6-9H2,1-3H3/b5-4+/t10-/m1/s1. The van der Waals surface area contributed by atoms with E-state index in [1.54, 1.807) is 6.08 Å². The molecular weight excluding hydrogens is 204 g/mol. The van der Waals surface area contributed by atoms with Crippen molar-refractivity contribution >= 4 is 11.8 Å². The molecule has 0 aromatic heterocycles. The van der Waals surface area contributed by atoms with Crippen LogP contribution in [-0.4, -0.2) is 18.4 Å². The third kappa shape index (κ3) is 4.17. The summed E-state index contributed by atoms with van der Waals surface area (Å²) in [5.74, 6) is 0.0325. The van der Waals surface area contributed by atoms with Crippen molar-refractivity contribution in [1.29, 1.82) is 0 Å². The third-order valence-corrected chi connectivity index (χ3v) is 2.82. The average Bonchev–Trinajstić information content (AvgIpc) is 2.15. The fraction of sp³-hybridized carbons (Fsp3) is 0.692. The molecule has 3 nitrogen and oxygen atoms in total. The Hall–Kier alpha value is -1.12. The molecule has 0 amide bonds. The van der Waals surface area contributed by atoms with Crippen molar-refractivity contribution in [3.63, 3.8) is 0 Å². The molecule has 0 saturated carbocycles. The Balaban J connectivity index is 2.76. The Morgan fingerprint density at radius 1 is 1.25 bits per heavy atom. The zero-order chi connectivity index (χ0) is 12.2. The molecular formula is C13H20O3. The van der Waals surface area contributed by atoms with Crippen molar-refractivity contribution in [3.05, 3.63) is 12.2 Å². The van der Waals surface area contributed by atoms with Gasteiger partial charge in [0, 0.05) is 12.3 Å². The van der Waals surface area contributed by atoms with Crippen molar-refractivity contribution in [2.24, 2.45) is 11.3 Å². The Morgan fingerprint density at radius 3 is 2.62 bits per heavy atom. The van der Waals surface area contributed by atoms with E-state index in [9.17, 15) is 9.59 Å². The predicted octanol–water partition coefficient (Wildman–Crippen LogP) is 2.50.